The average molecular weight is 304 g/mol. The first-order valence-electron chi connectivity index (χ1n) is 6.35. The van der Waals surface area contributed by atoms with E-state index in [1.807, 2.05) is 13.0 Å². The normalized spacial score (nSPS) is 11.0. The maximum Gasteiger partial charge on any atom is 0.263 e. The van der Waals surface area contributed by atoms with Gasteiger partial charge in [-0.1, -0.05) is 0 Å². The molecule has 6 heteroatoms. The average Bonchev–Trinajstić information content (AvgIpc) is 3.01. The fraction of sp³-hybridized carbons (Fsp3) is 0.133. The number of furan rings is 1. The number of hydrogen-bond donors (Lipinski definition) is 2. The Labute approximate surface area is 124 Å². The lowest BCUT2D eigenvalue weighted by atomic mass is 10.2. The first-order chi connectivity index (χ1) is 10.0. The summed E-state index contributed by atoms with van der Waals surface area (Å²) in [6, 6.07) is 7.95. The molecule has 4 nitrogen and oxygen atoms in total. The van der Waals surface area contributed by atoms with Gasteiger partial charge in [-0.25, -0.2) is 4.39 Å². The minimum absolute atomic E-state index is 0.286. The van der Waals surface area contributed by atoms with Crippen molar-refractivity contribution in [3.05, 3.63) is 52.5 Å². The van der Waals surface area contributed by atoms with E-state index < -0.39 is 0 Å². The van der Waals surface area contributed by atoms with Crippen LogP contribution in [0.25, 0.3) is 10.1 Å². The minimum Gasteiger partial charge on any atom is -0.465 e. The number of halogens is 1. The summed E-state index contributed by atoms with van der Waals surface area (Å²) in [5.74, 6) is 0.802. The highest BCUT2D eigenvalue weighted by atomic mass is 32.1. The summed E-state index contributed by atoms with van der Waals surface area (Å²) < 4.78 is 19.4. The summed E-state index contributed by atoms with van der Waals surface area (Å²) in [6.45, 7) is 2.12. The van der Waals surface area contributed by atoms with Crippen LogP contribution in [0.3, 0.4) is 0 Å². The summed E-state index contributed by atoms with van der Waals surface area (Å²) in [5.41, 5.74) is 6.25. The number of carbonyl (C=O) groups excluding carboxylic acids is 1. The van der Waals surface area contributed by atoms with Crippen LogP contribution in [-0.2, 0) is 6.54 Å². The molecule has 3 aromatic rings. The topological polar surface area (TPSA) is 68.3 Å². The second-order valence-electron chi connectivity index (χ2n) is 4.68. The molecule has 0 saturated heterocycles. The van der Waals surface area contributed by atoms with Crippen LogP contribution >= 0.6 is 11.3 Å². The molecular weight excluding hydrogens is 291 g/mol. The van der Waals surface area contributed by atoms with Crippen LogP contribution in [0.15, 0.2) is 34.7 Å². The fourth-order valence-corrected chi connectivity index (χ4v) is 3.11. The van der Waals surface area contributed by atoms with Gasteiger partial charge in [-0.2, -0.15) is 0 Å². The summed E-state index contributed by atoms with van der Waals surface area (Å²) in [5, 5.41) is 3.32. The largest absolute Gasteiger partial charge is 0.465 e. The molecule has 0 aliphatic carbocycles. The van der Waals surface area contributed by atoms with Crippen molar-refractivity contribution in [1.82, 2.24) is 5.32 Å². The second kappa shape index (κ2) is 5.21. The van der Waals surface area contributed by atoms with Crippen LogP contribution in [0.5, 0.6) is 0 Å². The molecule has 0 saturated carbocycles. The Balaban J connectivity index is 1.82. The molecule has 108 valence electrons. The summed E-state index contributed by atoms with van der Waals surface area (Å²) >= 11 is 1.25. The third-order valence-corrected chi connectivity index (χ3v) is 4.30. The predicted octanol–water partition coefficient (Wildman–Crippen LogP) is 3.45. The minimum atomic E-state index is -0.370. The molecule has 3 N–H and O–H groups in total. The van der Waals surface area contributed by atoms with Crippen molar-refractivity contribution in [3.8, 4) is 0 Å². The van der Waals surface area contributed by atoms with E-state index in [1.165, 1.54) is 23.5 Å². The van der Waals surface area contributed by atoms with Crippen LogP contribution < -0.4 is 11.1 Å². The van der Waals surface area contributed by atoms with E-state index in [1.54, 1.807) is 12.1 Å². The zero-order valence-corrected chi connectivity index (χ0v) is 12.1. The van der Waals surface area contributed by atoms with Gasteiger partial charge in [0.15, 0.2) is 0 Å². The lowest BCUT2D eigenvalue weighted by Gasteiger charge is -2.02. The first-order valence-corrected chi connectivity index (χ1v) is 7.17. The van der Waals surface area contributed by atoms with Crippen LogP contribution in [0.2, 0.25) is 0 Å². The molecule has 2 aromatic heterocycles. The number of nitrogen functional groups attached to an aromatic ring is 1. The van der Waals surface area contributed by atoms with E-state index in [0.29, 0.717) is 21.7 Å². The van der Waals surface area contributed by atoms with Crippen molar-refractivity contribution in [2.24, 2.45) is 0 Å². The van der Waals surface area contributed by atoms with E-state index in [9.17, 15) is 9.18 Å². The third kappa shape index (κ3) is 2.62. The molecule has 0 aliphatic heterocycles. The number of nitrogens with two attached hydrogens (primary N) is 1. The van der Waals surface area contributed by atoms with Crippen LogP contribution in [0.4, 0.5) is 10.1 Å². The van der Waals surface area contributed by atoms with Gasteiger partial charge in [0.05, 0.1) is 12.2 Å². The van der Waals surface area contributed by atoms with E-state index in [-0.39, 0.29) is 18.3 Å². The molecule has 0 spiro atoms. The molecule has 21 heavy (non-hydrogen) atoms. The van der Waals surface area contributed by atoms with Crippen molar-refractivity contribution in [2.75, 3.05) is 5.73 Å². The number of benzene rings is 1. The number of anilines is 1. The Bertz CT molecular complexity index is 822. The van der Waals surface area contributed by atoms with Crippen LogP contribution in [0.1, 0.15) is 21.2 Å². The highest BCUT2D eigenvalue weighted by molar-refractivity contribution is 7.21. The SMILES string of the molecule is Cc1ccc(CNC(=O)c2sc3ccc(F)cc3c2N)o1. The summed E-state index contributed by atoms with van der Waals surface area (Å²) in [4.78, 5) is 12.6. The molecule has 3 rings (SSSR count). The van der Waals surface area contributed by atoms with Crippen molar-refractivity contribution in [1.29, 1.82) is 0 Å². The summed E-state index contributed by atoms with van der Waals surface area (Å²) in [7, 11) is 0. The second-order valence-corrected chi connectivity index (χ2v) is 5.73. The molecular formula is C15H13FN2O2S. The number of amides is 1. The first kappa shape index (κ1) is 13.6. The molecule has 0 radical (unpaired) electrons. The molecule has 0 aliphatic rings. The molecule has 0 atom stereocenters. The van der Waals surface area contributed by atoms with Crippen LogP contribution in [0, 0.1) is 12.7 Å². The van der Waals surface area contributed by atoms with E-state index in [2.05, 4.69) is 5.32 Å². The molecule has 0 fully saturated rings. The number of thiophene rings is 1. The van der Waals surface area contributed by atoms with Crippen molar-refractivity contribution in [3.63, 3.8) is 0 Å². The fourth-order valence-electron chi connectivity index (χ4n) is 2.09. The quantitative estimate of drug-likeness (QED) is 0.778. The molecule has 0 bridgehead atoms. The molecule has 1 amide bonds. The van der Waals surface area contributed by atoms with E-state index >= 15 is 0 Å². The Kier molecular flexibility index (Phi) is 3.39. The highest BCUT2D eigenvalue weighted by Gasteiger charge is 2.16. The Morgan fingerprint density at radius 3 is 2.90 bits per heavy atom. The highest BCUT2D eigenvalue weighted by Crippen LogP contribution is 2.33. The van der Waals surface area contributed by atoms with Gasteiger partial charge in [-0.3, -0.25) is 4.79 Å². The molecule has 1 aromatic carbocycles. The number of rotatable bonds is 3. The van der Waals surface area contributed by atoms with Gasteiger partial charge in [0.1, 0.15) is 22.2 Å². The third-order valence-electron chi connectivity index (χ3n) is 3.11. The zero-order valence-electron chi connectivity index (χ0n) is 11.3. The van der Waals surface area contributed by atoms with Gasteiger partial charge >= 0.3 is 0 Å². The maximum absolute atomic E-state index is 13.2. The van der Waals surface area contributed by atoms with Gasteiger partial charge in [-0.05, 0) is 37.3 Å². The van der Waals surface area contributed by atoms with E-state index in [0.717, 1.165) is 10.5 Å². The Hall–Kier alpha value is -2.34. The number of nitrogens with one attached hydrogen (secondary N) is 1. The monoisotopic (exact) mass is 304 g/mol. The number of carbonyl (C=O) groups is 1. The number of fused-ring (bicyclic) bond motifs is 1. The maximum atomic E-state index is 13.2. The van der Waals surface area contributed by atoms with E-state index in [4.69, 9.17) is 10.2 Å². The van der Waals surface area contributed by atoms with Crippen molar-refractivity contribution in [2.45, 2.75) is 13.5 Å². The molecule has 2 heterocycles. The van der Waals surface area contributed by atoms with Gasteiger partial charge in [0.25, 0.3) is 5.91 Å². The smallest absolute Gasteiger partial charge is 0.263 e. The number of aryl methyl sites for hydroxylation is 1. The lowest BCUT2D eigenvalue weighted by Crippen LogP contribution is -2.22. The van der Waals surface area contributed by atoms with Gasteiger partial charge in [-0.15, -0.1) is 11.3 Å². The zero-order chi connectivity index (χ0) is 15.0. The predicted molar refractivity (Wildman–Crippen MR) is 80.8 cm³/mol. The Morgan fingerprint density at radius 1 is 1.38 bits per heavy atom. The van der Waals surface area contributed by atoms with Gasteiger partial charge in [0.2, 0.25) is 0 Å². The lowest BCUT2D eigenvalue weighted by molar-refractivity contribution is 0.0953. The van der Waals surface area contributed by atoms with Crippen molar-refractivity contribution >= 4 is 33.0 Å². The van der Waals surface area contributed by atoms with Crippen LogP contribution in [-0.4, -0.2) is 5.91 Å². The molecule has 0 unspecified atom stereocenters. The van der Waals surface area contributed by atoms with Gasteiger partial charge in [0, 0.05) is 10.1 Å². The number of hydrogen-bond acceptors (Lipinski definition) is 4. The Morgan fingerprint density at radius 2 is 2.19 bits per heavy atom. The van der Waals surface area contributed by atoms with Crippen molar-refractivity contribution < 1.29 is 13.6 Å². The van der Waals surface area contributed by atoms with Gasteiger partial charge < -0.3 is 15.5 Å². The summed E-state index contributed by atoms with van der Waals surface area (Å²) in [6.07, 6.45) is 0. The standard InChI is InChI=1S/C15H13FN2O2S/c1-8-2-4-10(20-8)7-18-15(19)14-13(17)11-6-9(16)3-5-12(11)21-14/h2-6H,7,17H2,1H3,(H,18,19).